The second-order valence-electron chi connectivity index (χ2n) is 4.73. The number of benzene rings is 2. The van der Waals surface area contributed by atoms with Crippen molar-refractivity contribution in [3.63, 3.8) is 0 Å². The first-order valence-electron chi connectivity index (χ1n) is 6.52. The van der Waals surface area contributed by atoms with E-state index in [4.69, 9.17) is 0 Å². The molecule has 124 valence electrons. The van der Waals surface area contributed by atoms with Crippen LogP contribution >= 0.6 is 0 Å². The van der Waals surface area contributed by atoms with Gasteiger partial charge in [-0.05, 0) is 24.3 Å². The lowest BCUT2D eigenvalue weighted by atomic mass is 10.2. The van der Waals surface area contributed by atoms with Crippen molar-refractivity contribution < 1.29 is 26.3 Å². The molecule has 0 bridgehead atoms. The number of rotatable bonds is 2. The molecule has 0 atom stereocenters. The predicted octanol–water partition coefficient (Wildman–Crippen LogP) is 4.37. The fourth-order valence-corrected chi connectivity index (χ4v) is 2.16. The Morgan fingerprint density at radius 2 is 1.46 bits per heavy atom. The standard InChI is InChI=1S/C15H7F6N3/c16-9-5-3-6-10(17)12(9)13-22-14(18)24(23-13)11-7-2-1-4-8(11)15(19,20)21/h1-7H. The molecule has 3 rings (SSSR count). The monoisotopic (exact) mass is 343 g/mol. The summed E-state index contributed by atoms with van der Waals surface area (Å²) in [5, 5.41) is 3.50. The largest absolute Gasteiger partial charge is 0.418 e. The molecule has 0 fully saturated rings. The van der Waals surface area contributed by atoms with E-state index in [9.17, 15) is 26.3 Å². The highest BCUT2D eigenvalue weighted by molar-refractivity contribution is 5.56. The van der Waals surface area contributed by atoms with Crippen molar-refractivity contribution in [2.45, 2.75) is 6.18 Å². The summed E-state index contributed by atoms with van der Waals surface area (Å²) >= 11 is 0. The Labute approximate surface area is 131 Å². The Kier molecular flexibility index (Phi) is 3.78. The number of hydrogen-bond acceptors (Lipinski definition) is 2. The van der Waals surface area contributed by atoms with Crippen LogP contribution < -0.4 is 0 Å². The van der Waals surface area contributed by atoms with Crippen molar-refractivity contribution in [1.82, 2.24) is 14.8 Å². The molecule has 9 heteroatoms. The molecule has 2 aromatic carbocycles. The summed E-state index contributed by atoms with van der Waals surface area (Å²) in [5.74, 6) is -2.81. The third-order valence-corrected chi connectivity index (χ3v) is 3.19. The van der Waals surface area contributed by atoms with Crippen LogP contribution in [-0.2, 0) is 6.18 Å². The van der Waals surface area contributed by atoms with Gasteiger partial charge < -0.3 is 0 Å². The molecule has 0 spiro atoms. The molecule has 0 saturated heterocycles. The van der Waals surface area contributed by atoms with Crippen LogP contribution in [-0.4, -0.2) is 14.8 Å². The summed E-state index contributed by atoms with van der Waals surface area (Å²) in [5.41, 5.74) is -2.52. The molecule has 0 radical (unpaired) electrons. The Bertz CT molecular complexity index is 880. The number of nitrogens with zero attached hydrogens (tertiary/aromatic N) is 3. The molecule has 0 saturated carbocycles. The number of halogens is 6. The lowest BCUT2D eigenvalue weighted by Crippen LogP contribution is -2.12. The summed E-state index contributed by atoms with van der Waals surface area (Å²) in [6.45, 7) is 0. The molecule has 1 aromatic heterocycles. The molecular formula is C15H7F6N3. The molecular weight excluding hydrogens is 336 g/mol. The molecule has 0 aliphatic rings. The lowest BCUT2D eigenvalue weighted by Gasteiger charge is -2.11. The Balaban J connectivity index is 2.19. The first-order chi connectivity index (χ1) is 11.3. The van der Waals surface area contributed by atoms with E-state index in [2.05, 4.69) is 10.1 Å². The Hall–Kier alpha value is -2.84. The smallest absolute Gasteiger partial charge is 0.206 e. The normalized spacial score (nSPS) is 11.8. The topological polar surface area (TPSA) is 30.7 Å². The maximum absolute atomic E-state index is 14.0. The van der Waals surface area contributed by atoms with Crippen molar-refractivity contribution in [3.8, 4) is 17.1 Å². The molecule has 24 heavy (non-hydrogen) atoms. The van der Waals surface area contributed by atoms with E-state index in [0.29, 0.717) is 0 Å². The molecule has 0 N–H and O–H groups in total. The summed E-state index contributed by atoms with van der Waals surface area (Å²) in [4.78, 5) is 3.24. The van der Waals surface area contributed by atoms with Gasteiger partial charge in [-0.25, -0.2) is 8.78 Å². The van der Waals surface area contributed by atoms with Crippen molar-refractivity contribution in [3.05, 3.63) is 65.7 Å². The SMILES string of the molecule is Fc1cccc(F)c1-c1nc(F)n(-c2ccccc2C(F)(F)F)n1. The molecule has 3 aromatic rings. The first-order valence-corrected chi connectivity index (χ1v) is 6.52. The highest BCUT2D eigenvalue weighted by atomic mass is 19.4. The number of hydrogen-bond donors (Lipinski definition) is 0. The van der Waals surface area contributed by atoms with Gasteiger partial charge in [-0.1, -0.05) is 18.2 Å². The van der Waals surface area contributed by atoms with Crippen LogP contribution in [0.4, 0.5) is 26.3 Å². The van der Waals surface area contributed by atoms with E-state index in [1.807, 2.05) is 0 Å². The van der Waals surface area contributed by atoms with Crippen molar-refractivity contribution in [2.75, 3.05) is 0 Å². The Morgan fingerprint density at radius 3 is 2.08 bits per heavy atom. The zero-order chi connectivity index (χ0) is 17.5. The third-order valence-electron chi connectivity index (χ3n) is 3.19. The minimum atomic E-state index is -4.77. The summed E-state index contributed by atoms with van der Waals surface area (Å²) < 4.78 is 80.7. The molecule has 0 amide bonds. The number of aromatic nitrogens is 3. The van der Waals surface area contributed by atoms with Crippen LogP contribution in [0.2, 0.25) is 0 Å². The van der Waals surface area contributed by atoms with E-state index in [1.54, 1.807) is 0 Å². The summed E-state index contributed by atoms with van der Waals surface area (Å²) in [7, 11) is 0. The molecule has 0 aliphatic carbocycles. The zero-order valence-electron chi connectivity index (χ0n) is 11.7. The van der Waals surface area contributed by atoms with Crippen LogP contribution in [0, 0.1) is 17.7 Å². The second-order valence-corrected chi connectivity index (χ2v) is 4.73. The lowest BCUT2D eigenvalue weighted by molar-refractivity contribution is -0.137. The highest BCUT2D eigenvalue weighted by Gasteiger charge is 2.35. The fraction of sp³-hybridized carbons (Fsp3) is 0.0667. The highest BCUT2D eigenvalue weighted by Crippen LogP contribution is 2.34. The molecule has 3 nitrogen and oxygen atoms in total. The van der Waals surface area contributed by atoms with Crippen LogP contribution in [0.3, 0.4) is 0 Å². The summed E-state index contributed by atoms with van der Waals surface area (Å²) in [6, 6.07) is 6.97. The van der Waals surface area contributed by atoms with Gasteiger partial charge in [0.05, 0.1) is 16.8 Å². The second kappa shape index (κ2) is 5.66. The third kappa shape index (κ3) is 2.72. The average molecular weight is 343 g/mol. The van der Waals surface area contributed by atoms with Crippen LogP contribution in [0.5, 0.6) is 0 Å². The molecule has 0 unspecified atom stereocenters. The maximum atomic E-state index is 14.0. The van der Waals surface area contributed by atoms with Gasteiger partial charge in [0.1, 0.15) is 11.6 Å². The number of para-hydroxylation sites is 1. The first kappa shape index (κ1) is 16.0. The van der Waals surface area contributed by atoms with Crippen molar-refractivity contribution in [1.29, 1.82) is 0 Å². The van der Waals surface area contributed by atoms with Gasteiger partial charge in [-0.3, -0.25) is 0 Å². The summed E-state index contributed by atoms with van der Waals surface area (Å²) in [6.07, 6.45) is -6.19. The van der Waals surface area contributed by atoms with E-state index in [0.717, 1.165) is 36.4 Å². The molecule has 1 heterocycles. The van der Waals surface area contributed by atoms with Gasteiger partial charge in [0.2, 0.25) is 0 Å². The fourth-order valence-electron chi connectivity index (χ4n) is 2.16. The van der Waals surface area contributed by atoms with Gasteiger partial charge in [0, 0.05) is 0 Å². The predicted molar refractivity (Wildman–Crippen MR) is 71.7 cm³/mol. The maximum Gasteiger partial charge on any atom is 0.418 e. The minimum absolute atomic E-state index is 0.254. The average Bonchev–Trinajstić information content (AvgIpc) is 2.87. The number of alkyl halides is 3. The zero-order valence-corrected chi connectivity index (χ0v) is 11.7. The van der Waals surface area contributed by atoms with E-state index >= 15 is 0 Å². The molecule has 0 aliphatic heterocycles. The van der Waals surface area contributed by atoms with Crippen LogP contribution in [0.15, 0.2) is 42.5 Å². The van der Waals surface area contributed by atoms with Crippen LogP contribution in [0.25, 0.3) is 17.1 Å². The minimum Gasteiger partial charge on any atom is -0.206 e. The van der Waals surface area contributed by atoms with Gasteiger partial charge >= 0.3 is 12.3 Å². The van der Waals surface area contributed by atoms with Crippen LogP contribution in [0.1, 0.15) is 5.56 Å². The Morgan fingerprint density at radius 1 is 0.833 bits per heavy atom. The van der Waals surface area contributed by atoms with Gasteiger partial charge in [0.15, 0.2) is 5.82 Å². The van der Waals surface area contributed by atoms with Crippen molar-refractivity contribution >= 4 is 0 Å². The van der Waals surface area contributed by atoms with Crippen molar-refractivity contribution in [2.24, 2.45) is 0 Å². The quantitative estimate of drug-likeness (QED) is 0.647. The van der Waals surface area contributed by atoms with Gasteiger partial charge in [0.25, 0.3) is 0 Å². The van der Waals surface area contributed by atoms with Gasteiger partial charge in [-0.15, -0.1) is 5.10 Å². The van der Waals surface area contributed by atoms with E-state index < -0.39 is 46.5 Å². The van der Waals surface area contributed by atoms with E-state index in [1.165, 1.54) is 6.07 Å². The van der Waals surface area contributed by atoms with E-state index in [-0.39, 0.29) is 4.68 Å². The van der Waals surface area contributed by atoms with Gasteiger partial charge in [-0.2, -0.15) is 27.2 Å².